The Balaban J connectivity index is 0.000000364. The van der Waals surface area contributed by atoms with Gasteiger partial charge in [0.2, 0.25) is 0 Å². The molecule has 140 valence electrons. The molecule has 7 nitrogen and oxygen atoms in total. The fourth-order valence-corrected chi connectivity index (χ4v) is 2.85. The molecular weight excluding hydrogens is 368 g/mol. The van der Waals surface area contributed by atoms with E-state index < -0.39 is 10.5 Å². The fraction of sp³-hybridized carbons (Fsp3) is 0.263. The van der Waals surface area contributed by atoms with Crippen LogP contribution in [0.3, 0.4) is 0 Å². The van der Waals surface area contributed by atoms with E-state index in [9.17, 15) is 13.0 Å². The Bertz CT molecular complexity index is 996. The van der Waals surface area contributed by atoms with Gasteiger partial charge in [0.15, 0.2) is 0 Å². The van der Waals surface area contributed by atoms with E-state index in [-0.39, 0.29) is 23.1 Å². The molecule has 3 aromatic rings. The zero-order valence-electron chi connectivity index (χ0n) is 14.6. The van der Waals surface area contributed by atoms with Crippen molar-refractivity contribution in [1.29, 1.82) is 0 Å². The number of ether oxygens (including phenoxy) is 1. The number of aromatic nitrogens is 1. The van der Waals surface area contributed by atoms with Crippen LogP contribution in [0.5, 0.6) is 0 Å². The van der Waals surface area contributed by atoms with Crippen molar-refractivity contribution in [3.05, 3.63) is 60.1 Å². The molecule has 8 heteroatoms. The van der Waals surface area contributed by atoms with Crippen molar-refractivity contribution in [1.82, 2.24) is 10.3 Å². The van der Waals surface area contributed by atoms with Crippen molar-refractivity contribution < 1.29 is 22.2 Å². The second-order valence-corrected chi connectivity index (χ2v) is 6.85. The van der Waals surface area contributed by atoms with E-state index >= 15 is 0 Å². The Hall–Kier alpha value is -2.68. The average Bonchev–Trinajstić information content (AvgIpc) is 3.39. The Morgan fingerprint density at radius 2 is 1.93 bits per heavy atom. The molecule has 0 spiro atoms. The van der Waals surface area contributed by atoms with Crippen LogP contribution in [0.15, 0.2) is 58.1 Å². The minimum absolute atomic E-state index is 0.208. The molecule has 0 atom stereocenters. The number of furan rings is 1. The number of hydrogen-bond donors (Lipinski definition) is 1. The SMILES string of the molecule is C1CCOC1.O=C(NCc1ccc(S(=O)#[O+])cc1)c1cc2ccncc2o1. The molecule has 1 amide bonds. The molecule has 1 aromatic carbocycles. The summed E-state index contributed by atoms with van der Waals surface area (Å²) in [6.45, 7) is 2.28. The van der Waals surface area contributed by atoms with Crippen LogP contribution >= 0.6 is 0 Å². The quantitative estimate of drug-likeness (QED) is 0.696. The Morgan fingerprint density at radius 1 is 1.19 bits per heavy atom. The van der Waals surface area contributed by atoms with Crippen LogP contribution in [-0.2, 0) is 25.9 Å². The van der Waals surface area contributed by atoms with Crippen LogP contribution < -0.4 is 5.32 Å². The van der Waals surface area contributed by atoms with Gasteiger partial charge in [-0.1, -0.05) is 0 Å². The van der Waals surface area contributed by atoms with E-state index in [2.05, 4.69) is 10.3 Å². The molecule has 3 heterocycles. The molecule has 27 heavy (non-hydrogen) atoms. The first-order valence-electron chi connectivity index (χ1n) is 8.51. The van der Waals surface area contributed by atoms with Crippen LogP contribution in [0.4, 0.5) is 0 Å². The first kappa shape index (κ1) is 19.1. The van der Waals surface area contributed by atoms with Gasteiger partial charge in [0.25, 0.3) is 0 Å². The van der Waals surface area contributed by atoms with Crippen molar-refractivity contribution in [2.75, 3.05) is 13.2 Å². The number of nitrogens with zero attached hydrogens (tertiary/aromatic N) is 1. The molecule has 0 bridgehead atoms. The summed E-state index contributed by atoms with van der Waals surface area (Å²) in [4.78, 5) is 16.2. The normalized spacial score (nSPS) is 13.0. The van der Waals surface area contributed by atoms with Crippen LogP contribution in [-0.4, -0.2) is 28.3 Å². The number of fused-ring (bicyclic) bond motifs is 1. The monoisotopic (exact) mass is 387 g/mol. The summed E-state index contributed by atoms with van der Waals surface area (Å²) in [6, 6.07) is 9.67. The summed E-state index contributed by atoms with van der Waals surface area (Å²) in [5.41, 5.74) is 1.34. The van der Waals surface area contributed by atoms with Gasteiger partial charge in [-0.2, -0.15) is 0 Å². The number of nitrogens with one attached hydrogen (secondary N) is 1. The maximum atomic E-state index is 12.0. The molecule has 0 radical (unpaired) electrons. The number of carbonyl (C=O) groups is 1. The molecule has 2 aromatic heterocycles. The van der Waals surface area contributed by atoms with Gasteiger partial charge in [-0.25, -0.2) is 0 Å². The molecular formula is C19H19N2O5S+. The summed E-state index contributed by atoms with van der Waals surface area (Å²) < 4.78 is 31.9. The van der Waals surface area contributed by atoms with Crippen molar-refractivity contribution in [3.63, 3.8) is 0 Å². The van der Waals surface area contributed by atoms with Gasteiger partial charge >= 0.3 is 116 Å². The van der Waals surface area contributed by atoms with Gasteiger partial charge in [-0.05, 0) is 12.8 Å². The predicted octanol–water partition coefficient (Wildman–Crippen LogP) is 3.01. The van der Waals surface area contributed by atoms with Crippen molar-refractivity contribution >= 4 is 27.4 Å². The standard InChI is InChI=1S/C15H10N2O4S.C4H8O/c18-15(13-7-11-5-6-16-9-14(11)21-13)17-8-10-1-3-12(4-2-10)22(19)20;1-2-4-5-3-1/h1-7,9H,8H2;1-4H2/p+1. The summed E-state index contributed by atoms with van der Waals surface area (Å²) in [7, 11) is -2.25. The van der Waals surface area contributed by atoms with Gasteiger partial charge < -0.3 is 4.74 Å². The Kier molecular flexibility index (Phi) is 6.59. The molecule has 1 aliphatic rings. The van der Waals surface area contributed by atoms with Crippen molar-refractivity contribution in [3.8, 4) is 0 Å². The number of carbonyl (C=O) groups excluding carboxylic acids is 1. The van der Waals surface area contributed by atoms with E-state index in [1.165, 1.54) is 25.0 Å². The van der Waals surface area contributed by atoms with E-state index in [1.807, 2.05) is 0 Å². The van der Waals surface area contributed by atoms with E-state index in [0.29, 0.717) is 5.58 Å². The second-order valence-electron chi connectivity index (χ2n) is 5.90. The van der Waals surface area contributed by atoms with Crippen LogP contribution in [0, 0.1) is 0 Å². The van der Waals surface area contributed by atoms with Gasteiger partial charge in [-0.3, -0.25) is 4.98 Å². The van der Waals surface area contributed by atoms with E-state index in [4.69, 9.17) is 9.15 Å². The van der Waals surface area contributed by atoms with E-state index in [0.717, 1.165) is 24.2 Å². The third-order valence-corrected chi connectivity index (χ3v) is 4.60. The molecule has 1 aliphatic heterocycles. The van der Waals surface area contributed by atoms with E-state index in [1.54, 1.807) is 36.7 Å². The van der Waals surface area contributed by atoms with Crippen molar-refractivity contribution in [2.45, 2.75) is 24.3 Å². The predicted molar refractivity (Wildman–Crippen MR) is 98.8 cm³/mol. The molecule has 0 aliphatic carbocycles. The van der Waals surface area contributed by atoms with Gasteiger partial charge in [0.05, 0.1) is 0 Å². The van der Waals surface area contributed by atoms with Gasteiger partial charge in [0.1, 0.15) is 0 Å². The summed E-state index contributed by atoms with van der Waals surface area (Å²) in [5, 5.41) is 3.53. The van der Waals surface area contributed by atoms with Gasteiger partial charge in [0, 0.05) is 19.4 Å². The number of amides is 1. The fourth-order valence-electron chi connectivity index (χ4n) is 2.49. The van der Waals surface area contributed by atoms with Gasteiger partial charge in [-0.15, -0.1) is 0 Å². The van der Waals surface area contributed by atoms with Crippen molar-refractivity contribution in [2.24, 2.45) is 0 Å². The Labute approximate surface area is 158 Å². The third kappa shape index (κ3) is 5.40. The second kappa shape index (κ2) is 9.31. The topological polar surface area (TPSA) is 101 Å². The minimum atomic E-state index is -2.25. The summed E-state index contributed by atoms with van der Waals surface area (Å²) in [5.74, 6) is -0.132. The molecule has 4 rings (SSSR count). The third-order valence-electron chi connectivity index (χ3n) is 3.94. The first-order chi connectivity index (χ1) is 13.1. The van der Waals surface area contributed by atoms with Crippen LogP contribution in [0.25, 0.3) is 11.0 Å². The number of hydrogen-bond acceptors (Lipinski definition) is 5. The first-order valence-corrected chi connectivity index (χ1v) is 9.59. The number of benzene rings is 1. The molecule has 0 unspecified atom stereocenters. The zero-order valence-corrected chi connectivity index (χ0v) is 15.4. The Morgan fingerprint density at radius 3 is 2.52 bits per heavy atom. The summed E-state index contributed by atoms with van der Waals surface area (Å²) >= 11 is 0. The molecule has 0 saturated carbocycles. The molecule has 1 fully saturated rings. The molecule has 1 saturated heterocycles. The molecule has 1 N–H and O–H groups in total. The maximum absolute atomic E-state index is 12.0. The number of rotatable bonds is 3. The van der Waals surface area contributed by atoms with Crippen LogP contribution in [0.2, 0.25) is 0 Å². The average molecular weight is 387 g/mol. The summed E-state index contributed by atoms with van der Waals surface area (Å²) in [6.07, 6.45) is 5.73. The van der Waals surface area contributed by atoms with Crippen LogP contribution in [0.1, 0.15) is 29.0 Å². The zero-order chi connectivity index (χ0) is 19.1. The number of pyridine rings is 1.